The lowest BCUT2D eigenvalue weighted by Crippen LogP contribution is -2.39. The Balaban J connectivity index is 0.00000576. The van der Waals surface area contributed by atoms with E-state index in [1.54, 1.807) is 0 Å². The maximum atomic E-state index is 12.3. The molecule has 0 saturated heterocycles. The van der Waals surface area contributed by atoms with Gasteiger partial charge in [-0.2, -0.15) is 13.2 Å². The summed E-state index contributed by atoms with van der Waals surface area (Å²) in [5.74, 6) is 0.597. The number of nitrogens with zero attached hydrogens (tertiary/aromatic N) is 2. The third kappa shape index (κ3) is 12.3. The SMILES string of the molecule is CCNC(=NCCN(C)CC(F)(F)F)NCCc1cccc(Cl)c1.I. The molecule has 0 heterocycles. The van der Waals surface area contributed by atoms with E-state index in [4.69, 9.17) is 11.6 Å². The van der Waals surface area contributed by atoms with Gasteiger partial charge in [-0.05, 0) is 38.1 Å². The van der Waals surface area contributed by atoms with Gasteiger partial charge in [0.15, 0.2) is 5.96 Å². The van der Waals surface area contributed by atoms with E-state index in [0.29, 0.717) is 30.6 Å². The summed E-state index contributed by atoms with van der Waals surface area (Å²) in [6.07, 6.45) is -3.41. The Morgan fingerprint density at radius 1 is 1.28 bits per heavy atom. The van der Waals surface area contributed by atoms with Crippen LogP contribution in [0.5, 0.6) is 0 Å². The van der Waals surface area contributed by atoms with Crippen LogP contribution in [0.25, 0.3) is 0 Å². The van der Waals surface area contributed by atoms with Crippen molar-refractivity contribution in [2.45, 2.75) is 19.5 Å². The second-order valence-electron chi connectivity index (χ2n) is 5.42. The summed E-state index contributed by atoms with van der Waals surface area (Å²) in [6, 6.07) is 7.61. The van der Waals surface area contributed by atoms with E-state index in [0.717, 1.165) is 12.0 Å². The van der Waals surface area contributed by atoms with Gasteiger partial charge >= 0.3 is 6.18 Å². The van der Waals surface area contributed by atoms with Crippen molar-refractivity contribution in [3.63, 3.8) is 0 Å². The first-order chi connectivity index (χ1) is 11.3. The fourth-order valence-corrected chi connectivity index (χ4v) is 2.29. The molecule has 0 amide bonds. The molecule has 0 aliphatic rings. The Morgan fingerprint density at radius 3 is 2.60 bits per heavy atom. The molecule has 0 radical (unpaired) electrons. The zero-order valence-corrected chi connectivity index (χ0v) is 17.5. The topological polar surface area (TPSA) is 39.7 Å². The van der Waals surface area contributed by atoms with Crippen molar-refractivity contribution in [3.05, 3.63) is 34.9 Å². The zero-order valence-electron chi connectivity index (χ0n) is 14.4. The highest BCUT2D eigenvalue weighted by atomic mass is 127. The molecular weight excluding hydrogens is 468 g/mol. The fraction of sp³-hybridized carbons (Fsp3) is 0.562. The molecule has 144 valence electrons. The third-order valence-corrected chi connectivity index (χ3v) is 3.38. The van der Waals surface area contributed by atoms with E-state index in [-0.39, 0.29) is 30.5 Å². The van der Waals surface area contributed by atoms with Gasteiger partial charge in [0, 0.05) is 24.7 Å². The molecule has 2 N–H and O–H groups in total. The summed E-state index contributed by atoms with van der Waals surface area (Å²) in [6.45, 7) is 2.88. The zero-order chi connectivity index (χ0) is 18.0. The van der Waals surface area contributed by atoms with Crippen LogP contribution in [0.2, 0.25) is 5.02 Å². The molecule has 0 unspecified atom stereocenters. The standard InChI is InChI=1S/C16H24ClF3N4.HI/c1-3-21-15(23-9-10-24(2)12-16(18,19)20)22-8-7-13-5-4-6-14(17)11-13;/h4-6,11H,3,7-10,12H2,1-2H3,(H2,21,22,23);1H. The average molecular weight is 493 g/mol. The molecule has 0 aliphatic carbocycles. The normalized spacial score (nSPS) is 12.0. The third-order valence-electron chi connectivity index (χ3n) is 3.14. The number of rotatable bonds is 8. The molecular formula is C16H25ClF3IN4. The molecule has 0 atom stereocenters. The van der Waals surface area contributed by atoms with Crippen molar-refractivity contribution in [2.24, 2.45) is 4.99 Å². The molecule has 1 aromatic rings. The van der Waals surface area contributed by atoms with Crippen molar-refractivity contribution in [2.75, 3.05) is 39.8 Å². The number of hydrogen-bond acceptors (Lipinski definition) is 2. The van der Waals surface area contributed by atoms with Crippen LogP contribution in [0.3, 0.4) is 0 Å². The molecule has 1 aromatic carbocycles. The van der Waals surface area contributed by atoms with Crippen LogP contribution >= 0.6 is 35.6 Å². The van der Waals surface area contributed by atoms with E-state index in [1.807, 2.05) is 31.2 Å². The lowest BCUT2D eigenvalue weighted by atomic mass is 10.1. The molecule has 0 spiro atoms. The highest BCUT2D eigenvalue weighted by molar-refractivity contribution is 14.0. The first kappa shape index (κ1) is 24.3. The van der Waals surface area contributed by atoms with Crippen LogP contribution in [0.1, 0.15) is 12.5 Å². The number of alkyl halides is 3. The van der Waals surface area contributed by atoms with Crippen molar-refractivity contribution in [1.29, 1.82) is 0 Å². The maximum Gasteiger partial charge on any atom is 0.401 e. The Kier molecular flexibility index (Phi) is 12.2. The maximum absolute atomic E-state index is 12.3. The van der Waals surface area contributed by atoms with Crippen molar-refractivity contribution in [1.82, 2.24) is 15.5 Å². The van der Waals surface area contributed by atoms with E-state index < -0.39 is 12.7 Å². The second-order valence-corrected chi connectivity index (χ2v) is 5.86. The second kappa shape index (κ2) is 12.6. The van der Waals surface area contributed by atoms with E-state index in [2.05, 4.69) is 15.6 Å². The summed E-state index contributed by atoms with van der Waals surface area (Å²) in [4.78, 5) is 5.50. The Bertz CT molecular complexity index is 526. The Hall–Kier alpha value is -0.740. The van der Waals surface area contributed by atoms with Crippen molar-refractivity contribution >= 4 is 41.5 Å². The van der Waals surface area contributed by atoms with E-state index in [1.165, 1.54) is 11.9 Å². The summed E-state index contributed by atoms with van der Waals surface area (Å²) in [7, 11) is 1.43. The molecule has 1 rings (SSSR count). The highest BCUT2D eigenvalue weighted by Gasteiger charge is 2.28. The van der Waals surface area contributed by atoms with Gasteiger partial charge < -0.3 is 10.6 Å². The summed E-state index contributed by atoms with van der Waals surface area (Å²) >= 11 is 5.94. The molecule has 25 heavy (non-hydrogen) atoms. The number of halogens is 5. The van der Waals surface area contributed by atoms with E-state index >= 15 is 0 Å². The number of guanidine groups is 1. The van der Waals surface area contributed by atoms with Crippen LogP contribution in [0, 0.1) is 0 Å². The number of nitrogens with one attached hydrogen (secondary N) is 2. The lowest BCUT2D eigenvalue weighted by molar-refractivity contribution is -0.142. The first-order valence-corrected chi connectivity index (χ1v) is 8.20. The van der Waals surface area contributed by atoms with Gasteiger partial charge in [0.1, 0.15) is 0 Å². The molecule has 0 bridgehead atoms. The van der Waals surface area contributed by atoms with Gasteiger partial charge in [0.05, 0.1) is 13.1 Å². The minimum absolute atomic E-state index is 0. The smallest absolute Gasteiger partial charge is 0.357 e. The predicted molar refractivity (Wildman–Crippen MR) is 108 cm³/mol. The molecule has 0 aliphatic heterocycles. The highest BCUT2D eigenvalue weighted by Crippen LogP contribution is 2.15. The minimum Gasteiger partial charge on any atom is -0.357 e. The van der Waals surface area contributed by atoms with Gasteiger partial charge in [-0.25, -0.2) is 0 Å². The Labute approximate surface area is 169 Å². The number of benzene rings is 1. The fourth-order valence-electron chi connectivity index (χ4n) is 2.08. The van der Waals surface area contributed by atoms with Crippen LogP contribution in [-0.4, -0.2) is 56.8 Å². The van der Waals surface area contributed by atoms with Crippen LogP contribution in [0.4, 0.5) is 13.2 Å². The average Bonchev–Trinajstić information content (AvgIpc) is 2.45. The minimum atomic E-state index is -4.18. The molecule has 9 heteroatoms. The number of likely N-dealkylation sites (N-methyl/N-ethyl adjacent to an activating group) is 1. The Morgan fingerprint density at radius 2 is 2.00 bits per heavy atom. The molecule has 4 nitrogen and oxygen atoms in total. The first-order valence-electron chi connectivity index (χ1n) is 7.82. The van der Waals surface area contributed by atoms with E-state index in [9.17, 15) is 13.2 Å². The molecule has 0 saturated carbocycles. The number of hydrogen-bond donors (Lipinski definition) is 2. The van der Waals surface area contributed by atoms with Crippen LogP contribution < -0.4 is 10.6 Å². The van der Waals surface area contributed by atoms with Gasteiger partial charge in [-0.1, -0.05) is 23.7 Å². The van der Waals surface area contributed by atoms with Crippen LogP contribution in [0.15, 0.2) is 29.3 Å². The summed E-state index contributed by atoms with van der Waals surface area (Å²) in [5, 5.41) is 6.94. The monoisotopic (exact) mass is 492 g/mol. The van der Waals surface area contributed by atoms with Gasteiger partial charge in [-0.15, -0.1) is 24.0 Å². The molecule has 0 aromatic heterocycles. The summed E-state index contributed by atoms with van der Waals surface area (Å²) in [5.41, 5.74) is 1.11. The predicted octanol–water partition coefficient (Wildman–Crippen LogP) is 3.55. The van der Waals surface area contributed by atoms with Crippen LogP contribution in [-0.2, 0) is 6.42 Å². The quantitative estimate of drug-likeness (QED) is 0.331. The molecule has 0 fully saturated rings. The van der Waals surface area contributed by atoms with Gasteiger partial charge in [-0.3, -0.25) is 9.89 Å². The lowest BCUT2D eigenvalue weighted by Gasteiger charge is -2.18. The van der Waals surface area contributed by atoms with Crippen molar-refractivity contribution < 1.29 is 13.2 Å². The van der Waals surface area contributed by atoms with Gasteiger partial charge in [0.25, 0.3) is 0 Å². The largest absolute Gasteiger partial charge is 0.401 e. The summed E-state index contributed by atoms with van der Waals surface area (Å²) < 4.78 is 36.8. The van der Waals surface area contributed by atoms with Crippen molar-refractivity contribution in [3.8, 4) is 0 Å². The number of aliphatic imine (C=N–C) groups is 1. The van der Waals surface area contributed by atoms with Gasteiger partial charge in [0.2, 0.25) is 0 Å².